The predicted octanol–water partition coefficient (Wildman–Crippen LogP) is 5.45. The van der Waals surface area contributed by atoms with E-state index in [4.69, 9.17) is 0 Å². The molecule has 0 radical (unpaired) electrons. The average molecular weight is 325 g/mol. The lowest BCUT2D eigenvalue weighted by molar-refractivity contribution is 0.103. The maximum atomic E-state index is 12.6. The highest BCUT2D eigenvalue weighted by atomic mass is 16.3. The molecule has 1 amide bonds. The van der Waals surface area contributed by atoms with E-state index in [0.717, 1.165) is 53.1 Å². The Kier molecular flexibility index (Phi) is 4.29. The molecule has 24 heavy (non-hydrogen) atoms. The van der Waals surface area contributed by atoms with Crippen LogP contribution in [0.5, 0.6) is 5.75 Å². The van der Waals surface area contributed by atoms with E-state index < -0.39 is 0 Å². The van der Waals surface area contributed by atoms with Gasteiger partial charge < -0.3 is 10.4 Å². The summed E-state index contributed by atoms with van der Waals surface area (Å²) in [6.07, 6.45) is 4.12. The van der Waals surface area contributed by atoms with Crippen molar-refractivity contribution >= 4 is 22.4 Å². The first-order valence-electron chi connectivity index (χ1n) is 9.07. The number of anilines is 1. The summed E-state index contributed by atoms with van der Waals surface area (Å²) >= 11 is 0. The minimum atomic E-state index is -0.0795. The second-order valence-corrected chi connectivity index (χ2v) is 7.18. The first-order valence-corrected chi connectivity index (χ1v) is 9.07. The van der Waals surface area contributed by atoms with Gasteiger partial charge in [-0.3, -0.25) is 4.79 Å². The van der Waals surface area contributed by atoms with Gasteiger partial charge in [0.1, 0.15) is 5.75 Å². The summed E-state index contributed by atoms with van der Waals surface area (Å²) in [5.41, 5.74) is 6.05. The maximum absolute atomic E-state index is 12.6. The third-order valence-electron chi connectivity index (χ3n) is 5.18. The fourth-order valence-corrected chi connectivity index (χ4v) is 4.06. The van der Waals surface area contributed by atoms with Crippen LogP contribution in [0.2, 0.25) is 0 Å². The fourth-order valence-electron chi connectivity index (χ4n) is 4.06. The average Bonchev–Trinajstić information content (AvgIpc) is 2.88. The molecule has 1 aliphatic rings. The van der Waals surface area contributed by atoms with Crippen LogP contribution in [0.1, 0.15) is 79.1 Å². The van der Waals surface area contributed by atoms with Crippen LogP contribution in [-0.2, 0) is 12.8 Å². The van der Waals surface area contributed by atoms with Gasteiger partial charge in [-0.25, -0.2) is 0 Å². The first-order chi connectivity index (χ1) is 11.4. The quantitative estimate of drug-likeness (QED) is 0.718. The molecule has 0 unspecified atom stereocenters. The van der Waals surface area contributed by atoms with Gasteiger partial charge in [0.25, 0.3) is 5.91 Å². The topological polar surface area (TPSA) is 49.3 Å². The number of phenols is 1. The summed E-state index contributed by atoms with van der Waals surface area (Å²) in [5, 5.41) is 15.7. The Labute approximate surface area is 144 Å². The summed E-state index contributed by atoms with van der Waals surface area (Å²) in [6.45, 7) is 10.6. The fraction of sp³-hybridized carbons (Fsp3) is 0.476. The molecule has 1 heterocycles. The number of phenolic OH excluding ortho intramolecular Hbond substituents is 1. The molecule has 3 rings (SSSR count). The number of hydrogen-bond donors (Lipinski definition) is 2. The molecule has 1 aliphatic heterocycles. The largest absolute Gasteiger partial charge is 0.505 e. The zero-order valence-electron chi connectivity index (χ0n) is 15.3. The number of carbonyl (C=O) groups is 1. The zero-order chi connectivity index (χ0) is 17.6. The maximum Gasteiger partial charge on any atom is 0.256 e. The molecule has 0 atom stereocenters. The van der Waals surface area contributed by atoms with E-state index in [-0.39, 0.29) is 17.6 Å². The molecular formula is C21H27NO2. The Morgan fingerprint density at radius 3 is 2.33 bits per heavy atom. The second kappa shape index (κ2) is 6.12. The van der Waals surface area contributed by atoms with E-state index in [2.05, 4.69) is 46.0 Å². The lowest BCUT2D eigenvalue weighted by atomic mass is 9.84. The smallest absolute Gasteiger partial charge is 0.256 e. The Hall–Kier alpha value is -2.03. The van der Waals surface area contributed by atoms with Crippen molar-refractivity contribution in [3.8, 4) is 5.75 Å². The molecule has 3 heteroatoms. The van der Waals surface area contributed by atoms with Crippen LogP contribution in [-0.4, -0.2) is 11.0 Å². The number of benzene rings is 2. The van der Waals surface area contributed by atoms with Gasteiger partial charge in [-0.05, 0) is 59.4 Å². The van der Waals surface area contributed by atoms with Crippen molar-refractivity contribution < 1.29 is 9.90 Å². The van der Waals surface area contributed by atoms with Gasteiger partial charge in [0.15, 0.2) is 0 Å². The van der Waals surface area contributed by atoms with Crippen LogP contribution in [0.25, 0.3) is 10.8 Å². The number of aryl methyl sites for hydroxylation is 1. The Balaban J connectivity index is 2.50. The normalized spacial score (nSPS) is 13.2. The van der Waals surface area contributed by atoms with Gasteiger partial charge >= 0.3 is 0 Å². The third kappa shape index (κ3) is 2.29. The van der Waals surface area contributed by atoms with Gasteiger partial charge in [0.2, 0.25) is 0 Å². The van der Waals surface area contributed by atoms with Crippen molar-refractivity contribution in [1.82, 2.24) is 0 Å². The summed E-state index contributed by atoms with van der Waals surface area (Å²) in [5.74, 6) is 0.357. The highest BCUT2D eigenvalue weighted by molar-refractivity contribution is 6.27. The van der Waals surface area contributed by atoms with Crippen molar-refractivity contribution in [3.05, 3.63) is 33.9 Å². The van der Waals surface area contributed by atoms with Crippen molar-refractivity contribution in [2.45, 2.75) is 66.2 Å². The summed E-state index contributed by atoms with van der Waals surface area (Å²) < 4.78 is 0. The number of rotatable bonds is 5. The Bertz CT molecular complexity index is 834. The molecule has 128 valence electrons. The molecule has 2 aromatic rings. The molecule has 0 bridgehead atoms. The highest BCUT2D eigenvalue weighted by Crippen LogP contribution is 2.47. The van der Waals surface area contributed by atoms with Crippen LogP contribution in [0, 0.1) is 6.92 Å². The molecule has 0 saturated carbocycles. The molecule has 0 aromatic heterocycles. The molecule has 0 fully saturated rings. The van der Waals surface area contributed by atoms with Crippen LogP contribution in [0.3, 0.4) is 0 Å². The van der Waals surface area contributed by atoms with Crippen molar-refractivity contribution in [2.24, 2.45) is 0 Å². The number of amides is 1. The number of hydrogen-bond acceptors (Lipinski definition) is 2. The zero-order valence-corrected chi connectivity index (χ0v) is 15.3. The van der Waals surface area contributed by atoms with Gasteiger partial charge in [-0.15, -0.1) is 0 Å². The van der Waals surface area contributed by atoms with E-state index in [0.29, 0.717) is 5.69 Å². The molecule has 0 aliphatic carbocycles. The van der Waals surface area contributed by atoms with E-state index in [1.807, 2.05) is 0 Å². The standard InChI is InChI=1S/C21H27NO2/c1-6-8-13-12(5)17-18-16(14(13)9-7-2)10-15(11(3)4)20(23)19(18)22-21(17)24/h10-11,23H,6-9H2,1-5H3,(H,22,24). The molecule has 2 aromatic carbocycles. The van der Waals surface area contributed by atoms with Crippen LogP contribution in [0.15, 0.2) is 6.07 Å². The van der Waals surface area contributed by atoms with E-state index in [1.165, 1.54) is 11.1 Å². The summed E-state index contributed by atoms with van der Waals surface area (Å²) in [7, 11) is 0. The number of aromatic hydroxyl groups is 1. The molecule has 0 spiro atoms. The van der Waals surface area contributed by atoms with E-state index >= 15 is 0 Å². The SMILES string of the molecule is CCCc1c(C)c2c3c(c(O)c(C(C)C)cc3c1CCC)NC2=O. The highest BCUT2D eigenvalue weighted by Gasteiger charge is 2.31. The van der Waals surface area contributed by atoms with Gasteiger partial charge in [0, 0.05) is 5.39 Å². The lowest BCUT2D eigenvalue weighted by Crippen LogP contribution is -2.09. The van der Waals surface area contributed by atoms with Gasteiger partial charge in [0.05, 0.1) is 11.3 Å². The molecule has 0 saturated heterocycles. The first kappa shape index (κ1) is 16.8. The van der Waals surface area contributed by atoms with Gasteiger partial charge in [-0.1, -0.05) is 40.5 Å². The number of nitrogens with one attached hydrogen (secondary N) is 1. The molecular weight excluding hydrogens is 298 g/mol. The lowest BCUT2D eigenvalue weighted by Gasteiger charge is -2.19. The Morgan fingerprint density at radius 1 is 1.12 bits per heavy atom. The second-order valence-electron chi connectivity index (χ2n) is 7.18. The third-order valence-corrected chi connectivity index (χ3v) is 5.18. The monoisotopic (exact) mass is 325 g/mol. The van der Waals surface area contributed by atoms with Crippen LogP contribution >= 0.6 is 0 Å². The van der Waals surface area contributed by atoms with E-state index in [9.17, 15) is 9.90 Å². The summed E-state index contributed by atoms with van der Waals surface area (Å²) in [6, 6.07) is 2.12. The van der Waals surface area contributed by atoms with Crippen LogP contribution in [0.4, 0.5) is 5.69 Å². The number of carbonyl (C=O) groups excluding carboxylic acids is 1. The van der Waals surface area contributed by atoms with Crippen molar-refractivity contribution in [3.63, 3.8) is 0 Å². The summed E-state index contributed by atoms with van der Waals surface area (Å²) in [4.78, 5) is 12.6. The van der Waals surface area contributed by atoms with Crippen LogP contribution < -0.4 is 5.32 Å². The minimum Gasteiger partial charge on any atom is -0.505 e. The Morgan fingerprint density at radius 2 is 1.75 bits per heavy atom. The van der Waals surface area contributed by atoms with Crippen molar-refractivity contribution in [1.29, 1.82) is 0 Å². The molecule has 2 N–H and O–H groups in total. The van der Waals surface area contributed by atoms with E-state index in [1.54, 1.807) is 0 Å². The molecule has 3 nitrogen and oxygen atoms in total. The minimum absolute atomic E-state index is 0.0795. The van der Waals surface area contributed by atoms with Gasteiger partial charge in [-0.2, -0.15) is 0 Å². The van der Waals surface area contributed by atoms with Crippen molar-refractivity contribution in [2.75, 3.05) is 5.32 Å². The predicted molar refractivity (Wildman–Crippen MR) is 100 cm³/mol.